The van der Waals surface area contributed by atoms with Crippen LogP contribution >= 0.6 is 11.6 Å². The lowest BCUT2D eigenvalue weighted by atomic mass is 10.5. The molecule has 0 fully saturated rings. The van der Waals surface area contributed by atoms with Crippen LogP contribution in [-0.4, -0.2) is 30.8 Å². The van der Waals surface area contributed by atoms with Crippen molar-refractivity contribution in [2.75, 3.05) is 13.1 Å². The van der Waals surface area contributed by atoms with E-state index in [1.54, 1.807) is 0 Å². The lowest BCUT2D eigenvalue weighted by Crippen LogP contribution is -2.31. The van der Waals surface area contributed by atoms with Crippen LogP contribution in [0.15, 0.2) is 23.2 Å². The first-order chi connectivity index (χ1) is 7.52. The molecule has 0 bridgehead atoms. The van der Waals surface area contributed by atoms with Gasteiger partial charge in [-0.25, -0.2) is 13.4 Å². The lowest BCUT2D eigenvalue weighted by molar-refractivity contribution is 0.427. The third-order valence-corrected chi connectivity index (χ3v) is 4.34. The molecule has 0 spiro atoms. The molecular weight excluding hydrogens is 248 g/mol. The number of halogens is 1. The Bertz CT molecular complexity index is 448. The molecule has 1 rings (SSSR count). The summed E-state index contributed by atoms with van der Waals surface area (Å²) in [7, 11) is -3.43. The van der Waals surface area contributed by atoms with E-state index in [0.29, 0.717) is 13.1 Å². The van der Waals surface area contributed by atoms with E-state index >= 15 is 0 Å². The van der Waals surface area contributed by atoms with Gasteiger partial charge >= 0.3 is 0 Å². The van der Waals surface area contributed by atoms with Crippen molar-refractivity contribution in [3.63, 3.8) is 0 Å². The summed E-state index contributed by atoms with van der Waals surface area (Å²) in [6.07, 6.45) is 2.18. The molecular formula is C10H15ClN2O2S. The summed E-state index contributed by atoms with van der Waals surface area (Å²) in [5, 5.41) is 0.189. The summed E-state index contributed by atoms with van der Waals surface area (Å²) in [4.78, 5) is 3.96. The molecule has 0 aliphatic rings. The highest BCUT2D eigenvalue weighted by atomic mass is 35.5. The van der Waals surface area contributed by atoms with Crippen LogP contribution in [0.3, 0.4) is 0 Å². The molecule has 0 saturated heterocycles. The maximum atomic E-state index is 12.1. The predicted molar refractivity (Wildman–Crippen MR) is 64.0 cm³/mol. The molecule has 0 N–H and O–H groups in total. The summed E-state index contributed by atoms with van der Waals surface area (Å²) < 4.78 is 25.7. The Morgan fingerprint density at radius 3 is 2.62 bits per heavy atom. The molecule has 1 aromatic heterocycles. The summed E-state index contributed by atoms with van der Waals surface area (Å²) in [5.74, 6) is 0. The van der Waals surface area contributed by atoms with Crippen LogP contribution < -0.4 is 0 Å². The zero-order valence-electron chi connectivity index (χ0n) is 9.35. The van der Waals surface area contributed by atoms with Gasteiger partial charge in [0.1, 0.15) is 5.15 Å². The standard InChI is InChI=1S/C10H15ClN2O2S/c1-3-7-13(4-2)16(14,15)9-5-6-12-10(11)8-9/h5-6,8H,3-4,7H2,1-2H3. The minimum Gasteiger partial charge on any atom is -0.244 e. The molecule has 0 aliphatic carbocycles. The van der Waals surface area contributed by atoms with Crippen molar-refractivity contribution in [1.29, 1.82) is 0 Å². The zero-order valence-corrected chi connectivity index (χ0v) is 10.9. The van der Waals surface area contributed by atoms with E-state index in [4.69, 9.17) is 11.6 Å². The van der Waals surface area contributed by atoms with E-state index < -0.39 is 10.0 Å². The van der Waals surface area contributed by atoms with E-state index in [0.717, 1.165) is 6.42 Å². The summed E-state index contributed by atoms with van der Waals surface area (Å²) in [6.45, 7) is 4.72. The van der Waals surface area contributed by atoms with Gasteiger partial charge in [-0.1, -0.05) is 25.4 Å². The molecule has 0 saturated carbocycles. The predicted octanol–water partition coefficient (Wildman–Crippen LogP) is 2.16. The monoisotopic (exact) mass is 262 g/mol. The van der Waals surface area contributed by atoms with Crippen molar-refractivity contribution < 1.29 is 8.42 Å². The first kappa shape index (κ1) is 13.4. The second-order valence-corrected chi connectivity index (χ2v) is 5.64. The van der Waals surface area contributed by atoms with Gasteiger partial charge in [0.2, 0.25) is 10.0 Å². The first-order valence-corrected chi connectivity index (χ1v) is 6.95. The Labute approximate surface area is 101 Å². The highest BCUT2D eigenvalue weighted by Gasteiger charge is 2.22. The van der Waals surface area contributed by atoms with Crippen molar-refractivity contribution in [2.24, 2.45) is 0 Å². The van der Waals surface area contributed by atoms with E-state index in [2.05, 4.69) is 4.98 Å². The molecule has 4 nitrogen and oxygen atoms in total. The van der Waals surface area contributed by atoms with Crippen LogP contribution in [0.5, 0.6) is 0 Å². The Hall–Kier alpha value is -0.650. The Morgan fingerprint density at radius 1 is 1.44 bits per heavy atom. The number of hydrogen-bond acceptors (Lipinski definition) is 3. The maximum Gasteiger partial charge on any atom is 0.243 e. The molecule has 0 aliphatic heterocycles. The minimum atomic E-state index is -3.43. The molecule has 1 heterocycles. The van der Waals surface area contributed by atoms with Crippen LogP contribution in [0, 0.1) is 0 Å². The van der Waals surface area contributed by atoms with Gasteiger partial charge in [0, 0.05) is 19.3 Å². The molecule has 6 heteroatoms. The van der Waals surface area contributed by atoms with Crippen LogP contribution in [-0.2, 0) is 10.0 Å². The molecule has 0 aromatic carbocycles. The van der Waals surface area contributed by atoms with Crippen molar-refractivity contribution >= 4 is 21.6 Å². The number of nitrogens with zero attached hydrogens (tertiary/aromatic N) is 2. The highest BCUT2D eigenvalue weighted by Crippen LogP contribution is 2.17. The van der Waals surface area contributed by atoms with Crippen LogP contribution in [0.25, 0.3) is 0 Å². The van der Waals surface area contributed by atoms with E-state index in [1.165, 1.54) is 22.6 Å². The molecule has 0 amide bonds. The largest absolute Gasteiger partial charge is 0.244 e. The molecule has 90 valence electrons. The SMILES string of the molecule is CCCN(CC)S(=O)(=O)c1ccnc(Cl)c1. The smallest absolute Gasteiger partial charge is 0.243 e. The highest BCUT2D eigenvalue weighted by molar-refractivity contribution is 7.89. The van der Waals surface area contributed by atoms with Gasteiger partial charge < -0.3 is 0 Å². The molecule has 16 heavy (non-hydrogen) atoms. The van der Waals surface area contributed by atoms with Gasteiger partial charge in [0.15, 0.2) is 0 Å². The van der Waals surface area contributed by atoms with Crippen molar-refractivity contribution in [3.8, 4) is 0 Å². The molecule has 1 aromatic rings. The van der Waals surface area contributed by atoms with Gasteiger partial charge in [-0.3, -0.25) is 0 Å². The Balaban J connectivity index is 3.09. The fourth-order valence-electron chi connectivity index (χ4n) is 1.39. The minimum absolute atomic E-state index is 0.189. The number of hydrogen-bond donors (Lipinski definition) is 0. The van der Waals surface area contributed by atoms with E-state index in [-0.39, 0.29) is 10.0 Å². The third kappa shape index (κ3) is 2.93. The topological polar surface area (TPSA) is 50.3 Å². The first-order valence-electron chi connectivity index (χ1n) is 5.14. The Morgan fingerprint density at radius 2 is 2.12 bits per heavy atom. The van der Waals surface area contributed by atoms with Gasteiger partial charge in [0.25, 0.3) is 0 Å². The quantitative estimate of drug-likeness (QED) is 0.764. The molecule has 0 radical (unpaired) electrons. The second-order valence-electron chi connectivity index (χ2n) is 3.31. The maximum absolute atomic E-state index is 12.1. The normalized spacial score (nSPS) is 12.0. The zero-order chi connectivity index (χ0) is 12.2. The summed E-state index contributed by atoms with van der Waals surface area (Å²) >= 11 is 5.68. The number of aromatic nitrogens is 1. The van der Waals surface area contributed by atoms with Crippen molar-refractivity contribution in [3.05, 3.63) is 23.5 Å². The van der Waals surface area contributed by atoms with Gasteiger partial charge in [-0.2, -0.15) is 4.31 Å². The van der Waals surface area contributed by atoms with Crippen LogP contribution in [0.4, 0.5) is 0 Å². The van der Waals surface area contributed by atoms with Crippen LogP contribution in [0.1, 0.15) is 20.3 Å². The molecule has 0 atom stereocenters. The van der Waals surface area contributed by atoms with Gasteiger partial charge in [-0.05, 0) is 18.6 Å². The van der Waals surface area contributed by atoms with Crippen molar-refractivity contribution in [2.45, 2.75) is 25.2 Å². The van der Waals surface area contributed by atoms with Gasteiger partial charge in [0.05, 0.1) is 4.90 Å². The average molecular weight is 263 g/mol. The van der Waals surface area contributed by atoms with Gasteiger partial charge in [-0.15, -0.1) is 0 Å². The fraction of sp³-hybridized carbons (Fsp3) is 0.500. The number of sulfonamides is 1. The fourth-order valence-corrected chi connectivity index (χ4v) is 3.18. The van der Waals surface area contributed by atoms with E-state index in [1.807, 2.05) is 13.8 Å². The van der Waals surface area contributed by atoms with Crippen LogP contribution in [0.2, 0.25) is 5.15 Å². The molecule has 0 unspecified atom stereocenters. The third-order valence-electron chi connectivity index (χ3n) is 2.16. The second kappa shape index (κ2) is 5.61. The number of pyridine rings is 1. The number of rotatable bonds is 5. The van der Waals surface area contributed by atoms with E-state index in [9.17, 15) is 8.42 Å². The average Bonchev–Trinajstić information content (AvgIpc) is 2.25. The van der Waals surface area contributed by atoms with Crippen molar-refractivity contribution in [1.82, 2.24) is 9.29 Å². The lowest BCUT2D eigenvalue weighted by Gasteiger charge is -2.19. The summed E-state index contributed by atoms with van der Waals surface area (Å²) in [5.41, 5.74) is 0. The Kier molecular flexibility index (Phi) is 4.70. The summed E-state index contributed by atoms with van der Waals surface area (Å²) in [6, 6.07) is 2.83.